The van der Waals surface area contributed by atoms with Gasteiger partial charge in [0.05, 0.1) is 0 Å². The fraction of sp³-hybridized carbons (Fsp3) is 0.733. The zero-order chi connectivity index (χ0) is 12.3. The van der Waals surface area contributed by atoms with Crippen molar-refractivity contribution in [3.05, 3.63) is 21.9 Å². The van der Waals surface area contributed by atoms with Crippen molar-refractivity contribution in [2.45, 2.75) is 52.5 Å². The molecule has 1 fully saturated rings. The number of rotatable bonds is 5. The Morgan fingerprint density at radius 2 is 2.18 bits per heavy atom. The van der Waals surface area contributed by atoms with Crippen LogP contribution < -0.4 is 5.32 Å². The van der Waals surface area contributed by atoms with E-state index < -0.39 is 0 Å². The Morgan fingerprint density at radius 3 is 2.71 bits per heavy atom. The molecule has 17 heavy (non-hydrogen) atoms. The Labute approximate surface area is 110 Å². The molecular formula is C15H25NS. The van der Waals surface area contributed by atoms with Gasteiger partial charge in [-0.05, 0) is 50.3 Å². The summed E-state index contributed by atoms with van der Waals surface area (Å²) in [4.78, 5) is 2.99. The molecule has 2 rings (SSSR count). The first-order valence-corrected chi connectivity index (χ1v) is 7.86. The van der Waals surface area contributed by atoms with Gasteiger partial charge in [0, 0.05) is 15.8 Å². The Hall–Kier alpha value is -0.340. The van der Waals surface area contributed by atoms with Gasteiger partial charge in [0.15, 0.2) is 0 Å². The van der Waals surface area contributed by atoms with Gasteiger partial charge in [-0.25, -0.2) is 0 Å². The summed E-state index contributed by atoms with van der Waals surface area (Å²) < 4.78 is 0. The van der Waals surface area contributed by atoms with E-state index in [-0.39, 0.29) is 0 Å². The van der Waals surface area contributed by atoms with Crippen LogP contribution in [0.25, 0.3) is 0 Å². The van der Waals surface area contributed by atoms with Crippen molar-refractivity contribution in [1.82, 2.24) is 5.32 Å². The molecule has 3 unspecified atom stereocenters. The first-order chi connectivity index (χ1) is 8.24. The summed E-state index contributed by atoms with van der Waals surface area (Å²) in [5.41, 5.74) is 0. The maximum Gasteiger partial charge on any atom is 0.0443 e. The van der Waals surface area contributed by atoms with Crippen molar-refractivity contribution in [3.63, 3.8) is 0 Å². The number of hydrogen-bond acceptors (Lipinski definition) is 2. The van der Waals surface area contributed by atoms with Gasteiger partial charge in [-0.2, -0.15) is 0 Å². The monoisotopic (exact) mass is 251 g/mol. The van der Waals surface area contributed by atoms with E-state index in [0.29, 0.717) is 6.04 Å². The molecule has 1 aliphatic rings. The molecule has 0 aromatic carbocycles. The van der Waals surface area contributed by atoms with E-state index in [1.54, 1.807) is 4.88 Å². The van der Waals surface area contributed by atoms with Crippen LogP contribution in [0.1, 0.15) is 55.3 Å². The summed E-state index contributed by atoms with van der Waals surface area (Å²) in [6.45, 7) is 7.85. The lowest BCUT2D eigenvalue weighted by Crippen LogP contribution is -2.26. The first-order valence-electron chi connectivity index (χ1n) is 7.04. The molecule has 0 spiro atoms. The van der Waals surface area contributed by atoms with Gasteiger partial charge in [-0.3, -0.25) is 0 Å². The molecule has 1 saturated carbocycles. The van der Waals surface area contributed by atoms with Crippen molar-refractivity contribution < 1.29 is 0 Å². The van der Waals surface area contributed by atoms with Gasteiger partial charge in [0.2, 0.25) is 0 Å². The second kappa shape index (κ2) is 6.01. The van der Waals surface area contributed by atoms with E-state index in [9.17, 15) is 0 Å². The van der Waals surface area contributed by atoms with Crippen LogP contribution in [-0.2, 0) is 0 Å². The Bertz CT molecular complexity index is 344. The second-order valence-electron chi connectivity index (χ2n) is 5.33. The van der Waals surface area contributed by atoms with Crippen LogP contribution in [0.2, 0.25) is 0 Å². The van der Waals surface area contributed by atoms with E-state index >= 15 is 0 Å². The Morgan fingerprint density at radius 1 is 1.35 bits per heavy atom. The zero-order valence-electron chi connectivity index (χ0n) is 11.3. The third kappa shape index (κ3) is 3.11. The molecule has 0 saturated heterocycles. The minimum Gasteiger partial charge on any atom is -0.309 e. The predicted octanol–water partition coefficient (Wildman–Crippen LogP) is 4.53. The first kappa shape index (κ1) is 13.1. The van der Waals surface area contributed by atoms with Gasteiger partial charge in [-0.15, -0.1) is 11.3 Å². The molecule has 2 heteroatoms. The highest BCUT2D eigenvalue weighted by Crippen LogP contribution is 2.41. The fourth-order valence-corrected chi connectivity index (χ4v) is 4.17. The Kier molecular flexibility index (Phi) is 4.63. The van der Waals surface area contributed by atoms with Crippen LogP contribution in [0, 0.1) is 18.8 Å². The molecule has 0 bridgehead atoms. The van der Waals surface area contributed by atoms with Crippen LogP contribution in [0.3, 0.4) is 0 Å². The lowest BCUT2D eigenvalue weighted by molar-refractivity contribution is 0.364. The highest BCUT2D eigenvalue weighted by atomic mass is 32.1. The van der Waals surface area contributed by atoms with Crippen molar-refractivity contribution in [3.8, 4) is 0 Å². The third-order valence-corrected chi connectivity index (χ3v) is 5.21. The minimum atomic E-state index is 0.607. The van der Waals surface area contributed by atoms with Crippen molar-refractivity contribution in [1.29, 1.82) is 0 Å². The molecular weight excluding hydrogens is 226 g/mol. The van der Waals surface area contributed by atoms with E-state index in [1.807, 2.05) is 11.3 Å². The second-order valence-corrected chi connectivity index (χ2v) is 6.65. The molecule has 1 aromatic rings. The average Bonchev–Trinajstić information content (AvgIpc) is 2.94. The van der Waals surface area contributed by atoms with E-state index in [1.165, 1.54) is 30.6 Å². The molecule has 0 amide bonds. The lowest BCUT2D eigenvalue weighted by atomic mass is 9.94. The minimum absolute atomic E-state index is 0.607. The van der Waals surface area contributed by atoms with Crippen molar-refractivity contribution in [2.24, 2.45) is 11.8 Å². The Balaban J connectivity index is 2.07. The summed E-state index contributed by atoms with van der Waals surface area (Å²) >= 11 is 1.97. The molecule has 1 aliphatic carbocycles. The largest absolute Gasteiger partial charge is 0.309 e. The van der Waals surface area contributed by atoms with E-state index in [4.69, 9.17) is 0 Å². The highest BCUT2D eigenvalue weighted by Gasteiger charge is 2.31. The molecule has 1 heterocycles. The number of aryl methyl sites for hydroxylation is 1. The van der Waals surface area contributed by atoms with E-state index in [2.05, 4.69) is 38.2 Å². The van der Waals surface area contributed by atoms with Crippen LogP contribution >= 0.6 is 11.3 Å². The number of nitrogens with one attached hydrogen (secondary N) is 1. The number of thiophene rings is 1. The SMILES string of the molecule is CCNC(c1ccc(C)s1)C1CCC(CC)C1. The topological polar surface area (TPSA) is 12.0 Å². The zero-order valence-corrected chi connectivity index (χ0v) is 12.1. The molecule has 3 atom stereocenters. The normalized spacial score (nSPS) is 26.3. The van der Waals surface area contributed by atoms with Crippen molar-refractivity contribution >= 4 is 11.3 Å². The maximum atomic E-state index is 3.71. The molecule has 0 radical (unpaired) electrons. The van der Waals surface area contributed by atoms with Crippen molar-refractivity contribution in [2.75, 3.05) is 6.54 Å². The summed E-state index contributed by atoms with van der Waals surface area (Å²) in [5.74, 6) is 1.83. The van der Waals surface area contributed by atoms with Crippen LogP contribution in [0.5, 0.6) is 0 Å². The molecule has 1 N–H and O–H groups in total. The summed E-state index contributed by atoms with van der Waals surface area (Å²) in [6, 6.07) is 5.19. The van der Waals surface area contributed by atoms with Crippen LogP contribution in [-0.4, -0.2) is 6.54 Å². The average molecular weight is 251 g/mol. The summed E-state index contributed by atoms with van der Waals surface area (Å²) in [6.07, 6.45) is 5.63. The van der Waals surface area contributed by atoms with Gasteiger partial charge in [0.25, 0.3) is 0 Å². The lowest BCUT2D eigenvalue weighted by Gasteiger charge is -2.23. The van der Waals surface area contributed by atoms with Crippen LogP contribution in [0.4, 0.5) is 0 Å². The van der Waals surface area contributed by atoms with Crippen LogP contribution in [0.15, 0.2) is 12.1 Å². The fourth-order valence-electron chi connectivity index (χ4n) is 3.13. The summed E-state index contributed by atoms with van der Waals surface area (Å²) in [7, 11) is 0. The molecule has 1 nitrogen and oxygen atoms in total. The standard InChI is InChI=1S/C15H25NS/c1-4-12-7-8-13(10-12)15(16-5-2)14-9-6-11(3)17-14/h6,9,12-13,15-16H,4-5,7-8,10H2,1-3H3. The molecule has 96 valence electrons. The van der Waals surface area contributed by atoms with Gasteiger partial charge >= 0.3 is 0 Å². The van der Waals surface area contributed by atoms with Gasteiger partial charge in [0.1, 0.15) is 0 Å². The third-order valence-electron chi connectivity index (χ3n) is 4.12. The van der Waals surface area contributed by atoms with Gasteiger partial charge in [-0.1, -0.05) is 26.7 Å². The quantitative estimate of drug-likeness (QED) is 0.810. The molecule has 1 aromatic heterocycles. The van der Waals surface area contributed by atoms with Gasteiger partial charge < -0.3 is 5.32 Å². The highest BCUT2D eigenvalue weighted by molar-refractivity contribution is 7.12. The smallest absolute Gasteiger partial charge is 0.0443 e. The number of hydrogen-bond donors (Lipinski definition) is 1. The molecule has 0 aliphatic heterocycles. The summed E-state index contributed by atoms with van der Waals surface area (Å²) in [5, 5.41) is 3.71. The predicted molar refractivity (Wildman–Crippen MR) is 76.6 cm³/mol. The van der Waals surface area contributed by atoms with E-state index in [0.717, 1.165) is 18.4 Å². The maximum absolute atomic E-state index is 3.71.